The molecule has 18 heavy (non-hydrogen) atoms. The van der Waals surface area contributed by atoms with Crippen molar-refractivity contribution < 1.29 is 31.4 Å². The number of phenolic OH excluding ortho intramolecular Hbond substituents is 1. The van der Waals surface area contributed by atoms with Crippen molar-refractivity contribution in [2.45, 2.75) is 5.16 Å². The van der Waals surface area contributed by atoms with Gasteiger partial charge in [0, 0.05) is 5.56 Å². The molecule has 0 aliphatic heterocycles. The molecule has 0 saturated carbocycles. The maximum absolute atomic E-state index is 11.8. The highest BCUT2D eigenvalue weighted by molar-refractivity contribution is 7.99. The molecule has 96 valence electrons. The van der Waals surface area contributed by atoms with Crippen LogP contribution in [0.4, 0.5) is 0 Å². The Bertz CT molecular complexity index is 525. The number of benzene rings is 1. The largest absolute Gasteiger partial charge is 1.00 e. The molecule has 1 aromatic carbocycles. The number of aromatic nitrogens is 2. The predicted octanol–water partition coefficient (Wildman–Crippen LogP) is -1.48. The molecule has 0 atom stereocenters. The van der Waals surface area contributed by atoms with Gasteiger partial charge in [0.2, 0.25) is 0 Å². The number of aromatic amines is 1. The zero-order chi connectivity index (χ0) is 12.3. The summed E-state index contributed by atoms with van der Waals surface area (Å²) in [6.45, 7) is 0. The summed E-state index contributed by atoms with van der Waals surface area (Å²) in [5.74, 6) is 0.591. The van der Waals surface area contributed by atoms with E-state index in [0.717, 1.165) is 5.16 Å². The third kappa shape index (κ3) is 3.61. The van der Waals surface area contributed by atoms with E-state index >= 15 is 0 Å². The molecule has 0 aliphatic rings. The van der Waals surface area contributed by atoms with Gasteiger partial charge in [0.25, 0.3) is 0 Å². The van der Waals surface area contributed by atoms with Gasteiger partial charge in [-0.3, -0.25) is 4.79 Å². The molecule has 0 bridgehead atoms. The molecule has 1 aromatic heterocycles. The average molecular weight is 329 g/mol. The maximum atomic E-state index is 11.8. The molecule has 0 saturated heterocycles. The Morgan fingerprint density at radius 2 is 2.06 bits per heavy atom. The lowest BCUT2D eigenvalue weighted by molar-refractivity contribution is -0.708. The zero-order valence-corrected chi connectivity index (χ0v) is 12.2. The highest BCUT2D eigenvalue weighted by Crippen LogP contribution is 2.15. The number of ketones is 1. The van der Waals surface area contributed by atoms with Gasteiger partial charge < -0.3 is 22.1 Å². The third-order valence-electron chi connectivity index (χ3n) is 2.35. The van der Waals surface area contributed by atoms with Gasteiger partial charge in [-0.1, -0.05) is 0 Å². The Labute approximate surface area is 120 Å². The fraction of sp³-hybridized carbons (Fsp3) is 0.167. The first-order chi connectivity index (χ1) is 8.16. The molecule has 0 spiro atoms. The molecular formula is C12H13BrN2O2S. The number of nitrogens with one attached hydrogen (secondary N) is 1. The van der Waals surface area contributed by atoms with E-state index in [9.17, 15) is 4.79 Å². The number of carbonyl (C=O) groups is 1. The normalized spacial score (nSPS) is 9.83. The number of nitrogens with zero attached hydrogens (tertiary/aromatic N) is 1. The molecule has 0 radical (unpaired) electrons. The number of phenols is 1. The van der Waals surface area contributed by atoms with Crippen molar-refractivity contribution in [3.63, 3.8) is 0 Å². The second-order valence-electron chi connectivity index (χ2n) is 3.63. The third-order valence-corrected chi connectivity index (χ3v) is 3.44. The number of halogens is 1. The number of H-pyrrole nitrogens is 1. The Morgan fingerprint density at radius 3 is 2.61 bits per heavy atom. The topological polar surface area (TPSA) is 57.0 Å². The summed E-state index contributed by atoms with van der Waals surface area (Å²) in [6.07, 6.45) is 3.72. The van der Waals surface area contributed by atoms with E-state index < -0.39 is 0 Å². The number of Topliss-reactive ketones (excluding diaryl/α,β-unsaturated/α-hetero) is 1. The van der Waals surface area contributed by atoms with Crippen LogP contribution >= 0.6 is 11.8 Å². The van der Waals surface area contributed by atoms with Gasteiger partial charge in [0.05, 0.1) is 12.8 Å². The van der Waals surface area contributed by atoms with Crippen LogP contribution in [-0.2, 0) is 7.05 Å². The van der Waals surface area contributed by atoms with Crippen LogP contribution < -0.4 is 21.5 Å². The molecule has 1 heterocycles. The minimum atomic E-state index is 0. The van der Waals surface area contributed by atoms with Crippen molar-refractivity contribution >= 4 is 17.5 Å². The van der Waals surface area contributed by atoms with Crippen molar-refractivity contribution in [2.24, 2.45) is 7.05 Å². The van der Waals surface area contributed by atoms with Gasteiger partial charge >= 0.3 is 5.16 Å². The highest BCUT2D eigenvalue weighted by atomic mass is 79.9. The maximum Gasteiger partial charge on any atom is 0.315 e. The van der Waals surface area contributed by atoms with E-state index in [1.807, 2.05) is 24.0 Å². The SMILES string of the molecule is C[n+]1cc[nH]c1SCC(=O)c1ccc(O)cc1.[Br-]. The van der Waals surface area contributed by atoms with E-state index in [0.29, 0.717) is 11.3 Å². The van der Waals surface area contributed by atoms with Crippen molar-refractivity contribution in [2.75, 3.05) is 5.75 Å². The molecule has 0 amide bonds. The van der Waals surface area contributed by atoms with Crippen molar-refractivity contribution in [3.8, 4) is 5.75 Å². The number of imidazole rings is 1. The van der Waals surface area contributed by atoms with Crippen LogP contribution in [0.5, 0.6) is 5.75 Å². The number of carbonyl (C=O) groups excluding carboxylic acids is 1. The first-order valence-electron chi connectivity index (χ1n) is 5.15. The first kappa shape index (κ1) is 14.8. The monoisotopic (exact) mass is 328 g/mol. The molecular weight excluding hydrogens is 316 g/mol. The molecule has 2 aromatic rings. The summed E-state index contributed by atoms with van der Waals surface area (Å²) in [7, 11) is 1.92. The van der Waals surface area contributed by atoms with Gasteiger partial charge in [-0.25, -0.2) is 9.55 Å². The van der Waals surface area contributed by atoms with Crippen LogP contribution in [0.3, 0.4) is 0 Å². The van der Waals surface area contributed by atoms with E-state index in [2.05, 4.69) is 4.98 Å². The van der Waals surface area contributed by atoms with Gasteiger partial charge in [-0.2, -0.15) is 0 Å². The number of aromatic hydroxyl groups is 1. The molecule has 0 aliphatic carbocycles. The summed E-state index contributed by atoms with van der Waals surface area (Å²) < 4.78 is 1.93. The molecule has 4 nitrogen and oxygen atoms in total. The molecule has 0 fully saturated rings. The Morgan fingerprint density at radius 1 is 1.39 bits per heavy atom. The number of thioether (sulfide) groups is 1. The fourth-order valence-electron chi connectivity index (χ4n) is 1.40. The number of hydrogen-bond donors (Lipinski definition) is 2. The second kappa shape index (κ2) is 6.61. The Kier molecular flexibility index (Phi) is 5.43. The standard InChI is InChI=1S/C12H12N2O2S.BrH/c1-14-7-6-13-12(14)17-8-11(16)9-2-4-10(15)5-3-9;/h2-7H,8H2,1H3,(H,15,16);1H. The average Bonchev–Trinajstić information content (AvgIpc) is 2.73. The smallest absolute Gasteiger partial charge is 0.315 e. The van der Waals surface area contributed by atoms with Crippen LogP contribution in [-0.4, -0.2) is 21.6 Å². The van der Waals surface area contributed by atoms with Crippen molar-refractivity contribution in [1.82, 2.24) is 4.98 Å². The lowest BCUT2D eigenvalue weighted by Gasteiger charge is -1.99. The van der Waals surface area contributed by atoms with Gasteiger partial charge in [-0.05, 0) is 36.0 Å². The van der Waals surface area contributed by atoms with E-state index in [1.165, 1.54) is 23.9 Å². The van der Waals surface area contributed by atoms with Gasteiger partial charge in [0.15, 0.2) is 5.78 Å². The first-order valence-corrected chi connectivity index (χ1v) is 6.13. The highest BCUT2D eigenvalue weighted by Gasteiger charge is 2.12. The minimum Gasteiger partial charge on any atom is -1.00 e. The summed E-state index contributed by atoms with van der Waals surface area (Å²) in [4.78, 5) is 14.9. The van der Waals surface area contributed by atoms with Crippen LogP contribution in [0.1, 0.15) is 10.4 Å². The fourth-order valence-corrected chi connectivity index (χ4v) is 2.25. The van der Waals surface area contributed by atoms with E-state index in [-0.39, 0.29) is 28.5 Å². The van der Waals surface area contributed by atoms with Crippen LogP contribution in [0, 0.1) is 0 Å². The van der Waals surface area contributed by atoms with Crippen molar-refractivity contribution in [1.29, 1.82) is 0 Å². The van der Waals surface area contributed by atoms with Crippen molar-refractivity contribution in [3.05, 3.63) is 42.2 Å². The number of rotatable bonds is 4. The van der Waals surface area contributed by atoms with Gasteiger partial charge in [0.1, 0.15) is 18.1 Å². The molecule has 0 unspecified atom stereocenters. The predicted molar refractivity (Wildman–Crippen MR) is 65.1 cm³/mol. The Hall–Kier alpha value is -1.27. The van der Waals surface area contributed by atoms with Crippen LogP contribution in [0.2, 0.25) is 0 Å². The summed E-state index contributed by atoms with van der Waals surface area (Å²) in [5, 5.41) is 10.1. The van der Waals surface area contributed by atoms with Crippen LogP contribution in [0.15, 0.2) is 41.8 Å². The van der Waals surface area contributed by atoms with Gasteiger partial charge in [-0.15, -0.1) is 0 Å². The molecule has 6 heteroatoms. The summed E-state index contributed by atoms with van der Waals surface area (Å²) in [5.41, 5.74) is 0.615. The minimum absolute atomic E-state index is 0. The van der Waals surface area contributed by atoms with Crippen LogP contribution in [0.25, 0.3) is 0 Å². The molecule has 2 rings (SSSR count). The lowest BCUT2D eigenvalue weighted by atomic mass is 10.1. The number of aryl methyl sites for hydroxylation is 1. The lowest BCUT2D eigenvalue weighted by Crippen LogP contribution is -3.00. The molecule has 2 N–H and O–H groups in total. The van der Waals surface area contributed by atoms with E-state index in [4.69, 9.17) is 5.11 Å². The summed E-state index contributed by atoms with van der Waals surface area (Å²) >= 11 is 1.46. The Balaban J connectivity index is 0.00000162. The second-order valence-corrected chi connectivity index (χ2v) is 4.60. The quantitative estimate of drug-likeness (QED) is 0.409. The van der Waals surface area contributed by atoms with E-state index in [1.54, 1.807) is 12.1 Å². The summed E-state index contributed by atoms with van der Waals surface area (Å²) in [6, 6.07) is 6.30. The number of hydrogen-bond acceptors (Lipinski definition) is 3. The zero-order valence-electron chi connectivity index (χ0n) is 9.76.